The van der Waals surface area contributed by atoms with Crippen LogP contribution in [0.4, 0.5) is 0 Å². The van der Waals surface area contributed by atoms with Crippen molar-refractivity contribution in [2.45, 2.75) is 31.6 Å². The summed E-state index contributed by atoms with van der Waals surface area (Å²) in [5.41, 5.74) is 1.57. The molecule has 2 aliphatic rings. The average Bonchev–Trinajstić information content (AvgIpc) is 2.69. The van der Waals surface area contributed by atoms with Gasteiger partial charge in [0.1, 0.15) is 12.4 Å². The molecule has 0 unspecified atom stereocenters. The standard InChI is InChI=1S/C22H35N3O5S/c1-17-12-19(29-5)13-18(2)21(17)31(27,28)24(4)10-11-30-14-20(26)25-15-22(16-25)6-8-23(3)9-7-22/h12-13H,6-11,14-16H2,1-5H3. The van der Waals surface area contributed by atoms with Crippen LogP contribution in [0.1, 0.15) is 24.0 Å². The Labute approximate surface area is 186 Å². The third-order valence-corrected chi connectivity index (χ3v) is 8.73. The molecule has 1 aromatic carbocycles. The van der Waals surface area contributed by atoms with Gasteiger partial charge in [-0.1, -0.05) is 0 Å². The molecule has 0 bridgehead atoms. The molecular weight excluding hydrogens is 418 g/mol. The first kappa shape index (κ1) is 24.0. The Morgan fingerprint density at radius 2 is 1.74 bits per heavy atom. The van der Waals surface area contributed by atoms with E-state index in [1.54, 1.807) is 33.1 Å². The number of sulfonamides is 1. The second kappa shape index (κ2) is 9.44. The van der Waals surface area contributed by atoms with Crippen LogP contribution in [0.15, 0.2) is 17.0 Å². The SMILES string of the molecule is COc1cc(C)c(S(=O)(=O)N(C)CCOCC(=O)N2CC3(CCN(C)CC3)C2)c(C)c1. The summed E-state index contributed by atoms with van der Waals surface area (Å²) < 4.78 is 38.0. The summed E-state index contributed by atoms with van der Waals surface area (Å²) in [5, 5.41) is 0. The van der Waals surface area contributed by atoms with Gasteiger partial charge >= 0.3 is 0 Å². The maximum Gasteiger partial charge on any atom is 0.248 e. The van der Waals surface area contributed by atoms with Crippen LogP contribution >= 0.6 is 0 Å². The molecule has 0 N–H and O–H groups in total. The normalized spacial score (nSPS) is 19.0. The number of benzene rings is 1. The van der Waals surface area contributed by atoms with Crippen LogP contribution in [-0.2, 0) is 19.6 Å². The molecular formula is C22H35N3O5S. The first-order valence-corrected chi connectivity index (χ1v) is 12.2. The molecule has 8 nitrogen and oxygen atoms in total. The number of ether oxygens (including phenoxy) is 2. The van der Waals surface area contributed by atoms with Crippen LogP contribution in [0.25, 0.3) is 0 Å². The molecule has 9 heteroatoms. The highest BCUT2D eigenvalue weighted by atomic mass is 32.2. The lowest BCUT2D eigenvalue weighted by molar-refractivity contribution is -0.151. The number of likely N-dealkylation sites (tertiary alicyclic amines) is 2. The summed E-state index contributed by atoms with van der Waals surface area (Å²) in [6.07, 6.45) is 2.28. The van der Waals surface area contributed by atoms with Crippen LogP contribution in [0.3, 0.4) is 0 Å². The molecule has 2 saturated heterocycles. The molecule has 2 heterocycles. The van der Waals surface area contributed by atoms with Crippen LogP contribution in [0, 0.1) is 19.3 Å². The number of piperidine rings is 1. The van der Waals surface area contributed by atoms with E-state index < -0.39 is 10.0 Å². The van der Waals surface area contributed by atoms with E-state index in [2.05, 4.69) is 11.9 Å². The van der Waals surface area contributed by atoms with E-state index in [4.69, 9.17) is 9.47 Å². The minimum atomic E-state index is -3.66. The largest absolute Gasteiger partial charge is 0.497 e. The quantitative estimate of drug-likeness (QED) is 0.555. The summed E-state index contributed by atoms with van der Waals surface area (Å²) in [4.78, 5) is 16.9. The maximum atomic E-state index is 13.0. The number of carbonyl (C=O) groups is 1. The lowest BCUT2D eigenvalue weighted by Crippen LogP contribution is -2.62. The first-order chi connectivity index (χ1) is 14.6. The van der Waals surface area contributed by atoms with Crippen molar-refractivity contribution in [2.24, 2.45) is 5.41 Å². The third-order valence-electron chi connectivity index (χ3n) is 6.57. The number of rotatable bonds is 8. The molecule has 3 rings (SSSR count). The van der Waals surface area contributed by atoms with Crippen LogP contribution < -0.4 is 4.74 Å². The third kappa shape index (κ3) is 5.22. The van der Waals surface area contributed by atoms with Crippen molar-refractivity contribution in [3.05, 3.63) is 23.3 Å². The molecule has 1 amide bonds. The van der Waals surface area contributed by atoms with Crippen molar-refractivity contribution in [1.29, 1.82) is 0 Å². The Bertz CT molecular complexity index is 879. The number of likely N-dealkylation sites (N-methyl/N-ethyl adjacent to an activating group) is 1. The highest BCUT2D eigenvalue weighted by Crippen LogP contribution is 2.40. The maximum absolute atomic E-state index is 13.0. The number of aryl methyl sites for hydroxylation is 2. The number of hydrogen-bond donors (Lipinski definition) is 0. The van der Waals surface area contributed by atoms with Gasteiger partial charge in [-0.2, -0.15) is 4.31 Å². The summed E-state index contributed by atoms with van der Waals surface area (Å²) in [5.74, 6) is 0.614. The zero-order valence-electron chi connectivity index (χ0n) is 19.3. The van der Waals surface area contributed by atoms with E-state index in [9.17, 15) is 13.2 Å². The Balaban J connectivity index is 1.45. The lowest BCUT2D eigenvalue weighted by atomic mass is 9.72. The van der Waals surface area contributed by atoms with Gasteiger partial charge in [0.15, 0.2) is 0 Å². The van der Waals surface area contributed by atoms with E-state index in [1.807, 2.05) is 4.90 Å². The van der Waals surface area contributed by atoms with Gasteiger partial charge in [-0.3, -0.25) is 4.79 Å². The molecule has 1 spiro atoms. The van der Waals surface area contributed by atoms with Crippen LogP contribution in [-0.4, -0.2) is 95.6 Å². The highest BCUT2D eigenvalue weighted by Gasteiger charge is 2.46. The molecule has 1 aromatic rings. The minimum Gasteiger partial charge on any atom is -0.497 e. The fraction of sp³-hybridized carbons (Fsp3) is 0.682. The highest BCUT2D eigenvalue weighted by molar-refractivity contribution is 7.89. The van der Waals surface area contributed by atoms with Crippen LogP contribution in [0.5, 0.6) is 5.75 Å². The van der Waals surface area contributed by atoms with Gasteiger partial charge in [-0.15, -0.1) is 0 Å². The molecule has 31 heavy (non-hydrogen) atoms. The van der Waals surface area contributed by atoms with Gasteiger partial charge in [-0.05, 0) is 70.1 Å². The van der Waals surface area contributed by atoms with Crippen molar-refractivity contribution < 1.29 is 22.7 Å². The van der Waals surface area contributed by atoms with Gasteiger partial charge in [0.05, 0.1) is 18.6 Å². The van der Waals surface area contributed by atoms with Crippen molar-refractivity contribution in [3.8, 4) is 5.75 Å². The fourth-order valence-electron chi connectivity index (χ4n) is 4.50. The monoisotopic (exact) mass is 453 g/mol. The van der Waals surface area contributed by atoms with Crippen molar-refractivity contribution >= 4 is 15.9 Å². The van der Waals surface area contributed by atoms with Gasteiger partial charge in [-0.25, -0.2) is 8.42 Å². The zero-order valence-corrected chi connectivity index (χ0v) is 20.1. The van der Waals surface area contributed by atoms with Gasteiger partial charge in [0.2, 0.25) is 15.9 Å². The van der Waals surface area contributed by atoms with E-state index >= 15 is 0 Å². The predicted octanol–water partition coefficient (Wildman–Crippen LogP) is 1.50. The molecule has 0 radical (unpaired) electrons. The Hall–Kier alpha value is -1.68. The van der Waals surface area contributed by atoms with Crippen LogP contribution in [0.2, 0.25) is 0 Å². The molecule has 0 aromatic heterocycles. The van der Waals surface area contributed by atoms with E-state index in [-0.39, 0.29) is 30.6 Å². The summed E-state index contributed by atoms with van der Waals surface area (Å²) in [6, 6.07) is 3.43. The summed E-state index contributed by atoms with van der Waals surface area (Å²) in [7, 11) is 1.56. The van der Waals surface area contributed by atoms with Gasteiger partial charge in [0, 0.05) is 32.1 Å². The lowest BCUT2D eigenvalue weighted by Gasteiger charge is -2.53. The molecule has 0 atom stereocenters. The van der Waals surface area contributed by atoms with Crippen molar-refractivity contribution in [2.75, 3.05) is 67.1 Å². The van der Waals surface area contributed by atoms with E-state index in [1.165, 1.54) is 11.4 Å². The second-order valence-electron chi connectivity index (χ2n) is 9.02. The topological polar surface area (TPSA) is 79.4 Å². The Kier molecular flexibility index (Phi) is 7.30. The second-order valence-corrected chi connectivity index (χ2v) is 11.0. The summed E-state index contributed by atoms with van der Waals surface area (Å²) >= 11 is 0. The molecule has 0 aliphatic carbocycles. The predicted molar refractivity (Wildman–Crippen MR) is 119 cm³/mol. The molecule has 0 saturated carbocycles. The van der Waals surface area contributed by atoms with Crippen molar-refractivity contribution in [1.82, 2.24) is 14.1 Å². The molecule has 2 fully saturated rings. The Morgan fingerprint density at radius 3 is 2.29 bits per heavy atom. The average molecular weight is 454 g/mol. The number of carbonyl (C=O) groups excluding carboxylic acids is 1. The van der Waals surface area contributed by atoms with Gasteiger partial charge in [0.25, 0.3) is 0 Å². The Morgan fingerprint density at radius 1 is 1.16 bits per heavy atom. The minimum absolute atomic E-state index is 0.00946. The number of hydrogen-bond acceptors (Lipinski definition) is 6. The van der Waals surface area contributed by atoms with E-state index in [0.717, 1.165) is 39.0 Å². The number of nitrogens with zero attached hydrogens (tertiary/aromatic N) is 3. The van der Waals surface area contributed by atoms with Gasteiger partial charge < -0.3 is 19.3 Å². The zero-order chi connectivity index (χ0) is 22.8. The molecule has 2 aliphatic heterocycles. The summed E-state index contributed by atoms with van der Waals surface area (Å²) in [6.45, 7) is 7.66. The van der Waals surface area contributed by atoms with Crippen molar-refractivity contribution in [3.63, 3.8) is 0 Å². The fourth-order valence-corrected chi connectivity index (χ4v) is 6.06. The molecule has 174 valence electrons. The first-order valence-electron chi connectivity index (χ1n) is 10.7. The smallest absolute Gasteiger partial charge is 0.248 e. The van der Waals surface area contributed by atoms with E-state index in [0.29, 0.717) is 22.3 Å². The number of methoxy groups -OCH3 is 1. The number of amides is 1.